The first-order chi connectivity index (χ1) is 10.9. The molecule has 1 aliphatic rings. The number of esters is 1. The second-order valence-corrected chi connectivity index (χ2v) is 5.54. The van der Waals surface area contributed by atoms with Crippen LogP contribution in [0.15, 0.2) is 0 Å². The minimum absolute atomic E-state index is 0.00217. The number of hydrogen-bond donors (Lipinski definition) is 1. The van der Waals surface area contributed by atoms with Gasteiger partial charge in [-0.05, 0) is 13.3 Å². The standard InChI is InChI=1S/C15H26BNO6/c1-5-10-13(23-12(19)7-6-11(18)17-3)14(15(16)22-10)21-9(2)8-20-4/h9-10,13-15H,5-8H2,1-4H3,(H,17,18)/t9?,10-,13?,14+,15-/m1/s1. The van der Waals surface area contributed by atoms with Crippen LogP contribution < -0.4 is 5.32 Å². The first-order valence-corrected chi connectivity index (χ1v) is 7.88. The van der Waals surface area contributed by atoms with Gasteiger partial charge in [-0.1, -0.05) is 6.92 Å². The van der Waals surface area contributed by atoms with E-state index in [0.717, 1.165) is 0 Å². The molecule has 0 spiro atoms. The Kier molecular flexibility index (Phi) is 8.58. The van der Waals surface area contributed by atoms with E-state index in [1.807, 2.05) is 13.8 Å². The maximum atomic E-state index is 12.0. The van der Waals surface area contributed by atoms with Crippen molar-refractivity contribution in [3.63, 3.8) is 0 Å². The van der Waals surface area contributed by atoms with Gasteiger partial charge in [0.05, 0.1) is 25.2 Å². The van der Waals surface area contributed by atoms with Crippen LogP contribution in [-0.4, -0.2) is 70.9 Å². The van der Waals surface area contributed by atoms with Crippen LogP contribution in [0.25, 0.3) is 0 Å². The van der Waals surface area contributed by atoms with E-state index < -0.39 is 24.2 Å². The molecule has 1 fully saturated rings. The molecule has 2 unspecified atom stereocenters. The summed E-state index contributed by atoms with van der Waals surface area (Å²) in [4.78, 5) is 23.2. The summed E-state index contributed by atoms with van der Waals surface area (Å²) in [5, 5.41) is 2.46. The summed E-state index contributed by atoms with van der Waals surface area (Å²) >= 11 is 0. The van der Waals surface area contributed by atoms with Crippen molar-refractivity contribution in [2.24, 2.45) is 0 Å². The molecule has 0 aromatic carbocycles. The summed E-state index contributed by atoms with van der Waals surface area (Å²) in [5.41, 5.74) is 0. The van der Waals surface area contributed by atoms with Crippen LogP contribution in [0.2, 0.25) is 0 Å². The number of nitrogens with one attached hydrogen (secondary N) is 1. The van der Waals surface area contributed by atoms with Crippen molar-refractivity contribution in [2.75, 3.05) is 20.8 Å². The number of methoxy groups -OCH3 is 1. The third-order valence-electron chi connectivity index (χ3n) is 3.64. The number of rotatable bonds is 9. The number of carbonyl (C=O) groups excluding carboxylic acids is 2. The monoisotopic (exact) mass is 327 g/mol. The quantitative estimate of drug-likeness (QED) is 0.479. The van der Waals surface area contributed by atoms with Crippen LogP contribution >= 0.6 is 0 Å². The summed E-state index contributed by atoms with van der Waals surface area (Å²) in [5.74, 6) is -0.683. The number of ether oxygens (including phenoxy) is 4. The molecule has 1 aliphatic heterocycles. The zero-order valence-electron chi connectivity index (χ0n) is 14.2. The predicted molar refractivity (Wildman–Crippen MR) is 84.1 cm³/mol. The third-order valence-corrected chi connectivity index (χ3v) is 3.64. The highest BCUT2D eigenvalue weighted by atomic mass is 16.6. The van der Waals surface area contributed by atoms with Crippen molar-refractivity contribution < 1.29 is 28.5 Å². The summed E-state index contributed by atoms with van der Waals surface area (Å²) in [7, 11) is 9.05. The van der Waals surface area contributed by atoms with Crippen molar-refractivity contribution >= 4 is 19.7 Å². The second-order valence-electron chi connectivity index (χ2n) is 5.54. The molecule has 0 saturated carbocycles. The second kappa shape index (κ2) is 9.90. The Morgan fingerprint density at radius 3 is 2.57 bits per heavy atom. The molecule has 0 bridgehead atoms. The fourth-order valence-electron chi connectivity index (χ4n) is 2.48. The van der Waals surface area contributed by atoms with Crippen molar-refractivity contribution in [1.82, 2.24) is 5.32 Å². The average Bonchev–Trinajstić information content (AvgIpc) is 2.81. The summed E-state index contributed by atoms with van der Waals surface area (Å²) in [6.07, 6.45) is -0.962. The topological polar surface area (TPSA) is 83.1 Å². The molecule has 0 aromatic heterocycles. The lowest BCUT2D eigenvalue weighted by molar-refractivity contribution is -0.161. The van der Waals surface area contributed by atoms with Gasteiger partial charge in [-0.25, -0.2) is 0 Å². The summed E-state index contributed by atoms with van der Waals surface area (Å²) < 4.78 is 22.0. The molecule has 2 radical (unpaired) electrons. The first-order valence-electron chi connectivity index (χ1n) is 7.88. The fraction of sp³-hybridized carbons (Fsp3) is 0.867. The van der Waals surface area contributed by atoms with E-state index in [9.17, 15) is 9.59 Å². The van der Waals surface area contributed by atoms with Gasteiger partial charge in [0, 0.05) is 26.6 Å². The third kappa shape index (κ3) is 6.12. The van der Waals surface area contributed by atoms with Crippen LogP contribution in [-0.2, 0) is 28.5 Å². The molecule has 1 rings (SSSR count). The molecule has 0 aliphatic carbocycles. The van der Waals surface area contributed by atoms with E-state index in [-0.39, 0.29) is 31.0 Å². The molecular formula is C15H26BNO6. The lowest BCUT2D eigenvalue weighted by Crippen LogP contribution is -2.41. The summed E-state index contributed by atoms with van der Waals surface area (Å²) in [6, 6.07) is -0.670. The minimum atomic E-state index is -0.670. The first kappa shape index (κ1) is 19.9. The number of amides is 1. The van der Waals surface area contributed by atoms with E-state index in [0.29, 0.717) is 13.0 Å². The van der Waals surface area contributed by atoms with Crippen molar-refractivity contribution in [2.45, 2.75) is 63.5 Å². The van der Waals surface area contributed by atoms with Crippen molar-refractivity contribution in [1.29, 1.82) is 0 Å². The van der Waals surface area contributed by atoms with Crippen LogP contribution in [0.1, 0.15) is 33.1 Å². The zero-order chi connectivity index (χ0) is 17.4. The van der Waals surface area contributed by atoms with E-state index in [1.54, 1.807) is 7.11 Å². The van der Waals surface area contributed by atoms with E-state index in [1.165, 1.54) is 7.05 Å². The molecule has 130 valence electrons. The molecule has 1 amide bonds. The smallest absolute Gasteiger partial charge is 0.306 e. The highest BCUT2D eigenvalue weighted by molar-refractivity contribution is 6.11. The lowest BCUT2D eigenvalue weighted by Gasteiger charge is -2.26. The Morgan fingerprint density at radius 2 is 2.00 bits per heavy atom. The average molecular weight is 327 g/mol. The van der Waals surface area contributed by atoms with E-state index in [2.05, 4.69) is 5.32 Å². The Balaban J connectivity index is 2.64. The van der Waals surface area contributed by atoms with Gasteiger partial charge in [-0.15, -0.1) is 0 Å². The Hall–Kier alpha value is -1.12. The maximum Gasteiger partial charge on any atom is 0.306 e. The molecule has 1 N–H and O–H groups in total. The van der Waals surface area contributed by atoms with Gasteiger partial charge >= 0.3 is 5.97 Å². The molecule has 23 heavy (non-hydrogen) atoms. The van der Waals surface area contributed by atoms with Gasteiger partial charge < -0.3 is 24.3 Å². The number of hydrogen-bond acceptors (Lipinski definition) is 6. The SMILES string of the molecule is [B][C@@H]1O[C@H](CC)C(OC(=O)CCC(=O)NC)[C@@H]1OC(C)COC. The van der Waals surface area contributed by atoms with Crippen molar-refractivity contribution in [3.8, 4) is 0 Å². The minimum Gasteiger partial charge on any atom is -0.457 e. The number of carbonyl (C=O) groups is 2. The van der Waals surface area contributed by atoms with Gasteiger partial charge in [-0.3, -0.25) is 9.59 Å². The Morgan fingerprint density at radius 1 is 1.30 bits per heavy atom. The van der Waals surface area contributed by atoms with Crippen LogP contribution in [0.3, 0.4) is 0 Å². The largest absolute Gasteiger partial charge is 0.457 e. The molecule has 1 saturated heterocycles. The highest BCUT2D eigenvalue weighted by Gasteiger charge is 2.45. The maximum absolute atomic E-state index is 12.0. The van der Waals surface area contributed by atoms with Gasteiger partial charge in [0.2, 0.25) is 5.91 Å². The normalized spacial score (nSPS) is 28.3. The Labute approximate surface area is 138 Å². The van der Waals surface area contributed by atoms with Gasteiger partial charge in [0.15, 0.2) is 6.10 Å². The lowest BCUT2D eigenvalue weighted by atomic mass is 9.92. The van der Waals surface area contributed by atoms with Crippen LogP contribution in [0.4, 0.5) is 0 Å². The molecule has 1 heterocycles. The highest BCUT2D eigenvalue weighted by Crippen LogP contribution is 2.28. The van der Waals surface area contributed by atoms with Crippen molar-refractivity contribution in [3.05, 3.63) is 0 Å². The van der Waals surface area contributed by atoms with Gasteiger partial charge in [0.25, 0.3) is 0 Å². The molecule has 8 heteroatoms. The zero-order valence-corrected chi connectivity index (χ0v) is 14.2. The summed E-state index contributed by atoms with van der Waals surface area (Å²) in [6.45, 7) is 4.17. The molecule has 5 atom stereocenters. The molecule has 7 nitrogen and oxygen atoms in total. The van der Waals surface area contributed by atoms with Gasteiger partial charge in [0.1, 0.15) is 14.0 Å². The van der Waals surface area contributed by atoms with Crippen LogP contribution in [0.5, 0.6) is 0 Å². The van der Waals surface area contributed by atoms with E-state index in [4.69, 9.17) is 26.8 Å². The fourth-order valence-corrected chi connectivity index (χ4v) is 2.48. The molecular weight excluding hydrogens is 301 g/mol. The van der Waals surface area contributed by atoms with E-state index >= 15 is 0 Å². The Bertz CT molecular complexity index is 394. The predicted octanol–water partition coefficient (Wildman–Crippen LogP) is 0.148. The van der Waals surface area contributed by atoms with Crippen LogP contribution in [0, 0.1) is 0 Å². The van der Waals surface area contributed by atoms with Gasteiger partial charge in [-0.2, -0.15) is 0 Å². The molecule has 0 aromatic rings.